The van der Waals surface area contributed by atoms with Crippen LogP contribution in [-0.4, -0.2) is 15.9 Å². The number of rotatable bonds is 2. The fourth-order valence-electron chi connectivity index (χ4n) is 2.92. The number of carbonyl (C=O) groups is 1. The van der Waals surface area contributed by atoms with Crippen molar-refractivity contribution in [2.45, 2.75) is 41.5 Å². The third kappa shape index (κ3) is 5.85. The van der Waals surface area contributed by atoms with E-state index in [1.165, 1.54) is 52.9 Å². The van der Waals surface area contributed by atoms with Crippen LogP contribution in [0.2, 0.25) is 0 Å². The molecule has 1 heterocycles. The van der Waals surface area contributed by atoms with E-state index in [-0.39, 0.29) is 31.6 Å². The van der Waals surface area contributed by atoms with Gasteiger partial charge in [-0.15, -0.1) is 34.4 Å². The molecule has 3 nitrogen and oxygen atoms in total. The summed E-state index contributed by atoms with van der Waals surface area (Å²) in [7, 11) is 0. The van der Waals surface area contributed by atoms with Gasteiger partial charge in [-0.3, -0.25) is 4.79 Å². The first-order valence-corrected chi connectivity index (χ1v) is 8.93. The molecule has 1 aromatic heterocycles. The van der Waals surface area contributed by atoms with Crippen LogP contribution in [0.15, 0.2) is 48.4 Å². The van der Waals surface area contributed by atoms with E-state index in [1.807, 2.05) is 6.20 Å². The Hall–Kier alpha value is -2.29. The summed E-state index contributed by atoms with van der Waals surface area (Å²) >= 11 is 0. The van der Waals surface area contributed by atoms with Gasteiger partial charge in [-0.1, -0.05) is 45.0 Å². The van der Waals surface area contributed by atoms with Gasteiger partial charge in [0.1, 0.15) is 0 Å². The molecule has 1 radical (unpaired) electrons. The van der Waals surface area contributed by atoms with Crippen molar-refractivity contribution < 1.29 is 30.0 Å². The summed E-state index contributed by atoms with van der Waals surface area (Å²) < 4.78 is 0. The molecule has 1 N–H and O–H groups in total. The molecule has 0 spiro atoms. The minimum atomic E-state index is -0.125. The second kappa shape index (κ2) is 10.3. The van der Waals surface area contributed by atoms with Gasteiger partial charge in [0.2, 0.25) is 0 Å². The summed E-state index contributed by atoms with van der Waals surface area (Å²) in [5.74, 6) is -0.0625. The van der Waals surface area contributed by atoms with Crippen molar-refractivity contribution in [2.24, 2.45) is 0 Å². The standard InChI is InChI=1S/C19H18N.C5H8O2.Ir/c1-12-9-16(10-13(2)15(12)4)19-18-8-6-5-7-17(18)14(3)11-20-19;1-4(6)3-5(2)7;/h5-9,11H,1-4H3;3,6H,1-2H3;/q-1;;/b;4-3-;. The number of hydrogen-bond acceptors (Lipinski definition) is 3. The summed E-state index contributed by atoms with van der Waals surface area (Å²) in [6, 6.07) is 14.1. The van der Waals surface area contributed by atoms with Gasteiger partial charge in [0.05, 0.1) is 5.76 Å². The Morgan fingerprint density at radius 3 is 2.14 bits per heavy atom. The molecule has 0 amide bonds. The van der Waals surface area contributed by atoms with Gasteiger partial charge in [0.15, 0.2) is 5.78 Å². The first kappa shape index (κ1) is 23.7. The van der Waals surface area contributed by atoms with Crippen LogP contribution in [0.5, 0.6) is 0 Å². The molecule has 0 aliphatic carbocycles. The number of hydrogen-bond donors (Lipinski definition) is 1. The van der Waals surface area contributed by atoms with E-state index >= 15 is 0 Å². The van der Waals surface area contributed by atoms with Crippen molar-refractivity contribution in [3.8, 4) is 11.3 Å². The molecule has 3 aromatic rings. The molecular formula is C24H26IrNO2-. The van der Waals surface area contributed by atoms with Crippen LogP contribution in [0, 0.1) is 33.8 Å². The Morgan fingerprint density at radius 2 is 1.64 bits per heavy atom. The van der Waals surface area contributed by atoms with Crippen LogP contribution >= 0.6 is 0 Å². The number of ketones is 1. The zero-order chi connectivity index (χ0) is 20.1. The number of pyridine rings is 1. The third-order valence-corrected chi connectivity index (χ3v) is 4.50. The fraction of sp³-hybridized carbons (Fsp3) is 0.250. The van der Waals surface area contributed by atoms with Crippen molar-refractivity contribution in [3.63, 3.8) is 0 Å². The Bertz CT molecular complexity index is 995. The molecule has 0 saturated carbocycles. The Balaban J connectivity index is 0.000000425. The van der Waals surface area contributed by atoms with Gasteiger partial charge in [0.25, 0.3) is 0 Å². The van der Waals surface area contributed by atoms with Crippen molar-refractivity contribution in [2.75, 3.05) is 0 Å². The van der Waals surface area contributed by atoms with E-state index in [4.69, 9.17) is 5.11 Å². The summed E-state index contributed by atoms with van der Waals surface area (Å²) in [4.78, 5) is 14.7. The van der Waals surface area contributed by atoms with E-state index in [1.54, 1.807) is 0 Å². The average Bonchev–Trinajstić information content (AvgIpc) is 2.59. The molecule has 0 saturated heterocycles. The number of aromatic nitrogens is 1. The van der Waals surface area contributed by atoms with E-state index in [0.29, 0.717) is 0 Å². The van der Waals surface area contributed by atoms with Crippen molar-refractivity contribution in [3.05, 3.63) is 76.7 Å². The first-order chi connectivity index (χ1) is 12.7. The van der Waals surface area contributed by atoms with Gasteiger partial charge in [0, 0.05) is 32.4 Å². The molecule has 28 heavy (non-hydrogen) atoms. The van der Waals surface area contributed by atoms with Crippen LogP contribution in [0.25, 0.3) is 22.0 Å². The number of carbonyl (C=O) groups excluding carboxylic acids is 1. The van der Waals surface area contributed by atoms with Gasteiger partial charge in [-0.2, -0.15) is 0 Å². The van der Waals surface area contributed by atoms with Gasteiger partial charge in [-0.05, 0) is 42.8 Å². The molecular weight excluding hydrogens is 526 g/mol. The number of aliphatic hydroxyl groups excluding tert-OH is 1. The second-order valence-corrected chi connectivity index (χ2v) is 6.85. The molecule has 0 aliphatic rings. The number of aryl methyl sites for hydroxylation is 3. The third-order valence-electron chi connectivity index (χ3n) is 4.50. The minimum Gasteiger partial charge on any atom is -0.512 e. The van der Waals surface area contributed by atoms with Gasteiger partial charge in [-0.25, -0.2) is 0 Å². The van der Waals surface area contributed by atoms with E-state index in [9.17, 15) is 4.79 Å². The molecule has 0 fully saturated rings. The van der Waals surface area contributed by atoms with Crippen LogP contribution in [0.1, 0.15) is 36.1 Å². The van der Waals surface area contributed by atoms with Gasteiger partial charge >= 0.3 is 0 Å². The topological polar surface area (TPSA) is 50.2 Å². The van der Waals surface area contributed by atoms with Crippen LogP contribution in [-0.2, 0) is 24.9 Å². The molecule has 0 unspecified atom stereocenters. The average molecular weight is 553 g/mol. The monoisotopic (exact) mass is 553 g/mol. The Labute approximate surface area is 180 Å². The van der Waals surface area contributed by atoms with Crippen molar-refractivity contribution in [1.29, 1.82) is 0 Å². The number of nitrogens with zero attached hydrogens (tertiary/aromatic N) is 1. The van der Waals surface area contributed by atoms with E-state index in [0.717, 1.165) is 11.3 Å². The number of aliphatic hydroxyl groups is 1. The number of fused-ring (bicyclic) bond motifs is 1. The fourth-order valence-corrected chi connectivity index (χ4v) is 2.92. The normalized spacial score (nSPS) is 10.7. The zero-order valence-corrected chi connectivity index (χ0v) is 19.6. The maximum absolute atomic E-state index is 10.0. The largest absolute Gasteiger partial charge is 0.512 e. The zero-order valence-electron chi connectivity index (χ0n) is 17.2. The van der Waals surface area contributed by atoms with Crippen LogP contribution in [0.3, 0.4) is 0 Å². The smallest absolute Gasteiger partial charge is 0.155 e. The SMILES string of the molecule is CC(=O)/C=C(/C)O.Cc1[c-]c(-c2ncc(C)c3ccccc23)cc(C)c1C.[Ir]. The summed E-state index contributed by atoms with van der Waals surface area (Å²) in [5, 5.41) is 10.8. The molecule has 149 valence electrons. The second-order valence-electron chi connectivity index (χ2n) is 6.85. The Kier molecular flexibility index (Phi) is 8.74. The maximum Gasteiger partial charge on any atom is 0.155 e. The van der Waals surface area contributed by atoms with Gasteiger partial charge < -0.3 is 10.1 Å². The predicted octanol–water partition coefficient (Wildman–Crippen LogP) is 5.97. The Morgan fingerprint density at radius 1 is 1.04 bits per heavy atom. The van der Waals surface area contributed by atoms with E-state index < -0.39 is 0 Å². The van der Waals surface area contributed by atoms with Crippen LogP contribution in [0.4, 0.5) is 0 Å². The van der Waals surface area contributed by atoms with Crippen molar-refractivity contribution in [1.82, 2.24) is 4.98 Å². The first-order valence-electron chi connectivity index (χ1n) is 8.93. The molecule has 4 heteroatoms. The van der Waals surface area contributed by atoms with Crippen molar-refractivity contribution >= 4 is 16.6 Å². The maximum atomic E-state index is 10.0. The molecule has 3 rings (SSSR count). The summed E-state index contributed by atoms with van der Waals surface area (Å²) in [6.07, 6.45) is 3.12. The molecule has 0 bridgehead atoms. The quantitative estimate of drug-likeness (QED) is 0.242. The van der Waals surface area contributed by atoms with Crippen LogP contribution < -0.4 is 0 Å². The summed E-state index contributed by atoms with van der Waals surface area (Å²) in [5.41, 5.74) is 7.13. The predicted molar refractivity (Wildman–Crippen MR) is 112 cm³/mol. The molecule has 0 aliphatic heterocycles. The summed E-state index contributed by atoms with van der Waals surface area (Å²) in [6.45, 7) is 11.4. The molecule has 2 aromatic carbocycles. The minimum absolute atomic E-state index is 0. The number of allylic oxidation sites excluding steroid dienone is 2. The number of benzene rings is 2. The molecule has 0 atom stereocenters. The van der Waals surface area contributed by atoms with E-state index in [2.05, 4.69) is 69.1 Å².